The average molecular weight is 456 g/mol. The number of rotatable bonds is 6. The summed E-state index contributed by atoms with van der Waals surface area (Å²) in [6.07, 6.45) is 5.23. The molecule has 0 aromatic heterocycles. The number of ether oxygens (including phenoxy) is 2. The minimum absolute atomic E-state index is 0.0421. The van der Waals surface area contributed by atoms with Crippen molar-refractivity contribution in [3.63, 3.8) is 0 Å². The molecule has 4 bridgehead atoms. The fraction of sp³-hybridized carbons (Fsp3) is 0.640. The number of nitrogens with one attached hydrogen (secondary N) is 2. The fourth-order valence-electron chi connectivity index (χ4n) is 7.08. The molecule has 2 unspecified atom stereocenters. The summed E-state index contributed by atoms with van der Waals surface area (Å²) >= 11 is 0. The molecule has 5 aliphatic rings. The third-order valence-electron chi connectivity index (χ3n) is 7.80. The molecule has 0 radical (unpaired) electrons. The first-order chi connectivity index (χ1) is 15.8. The summed E-state index contributed by atoms with van der Waals surface area (Å²) < 4.78 is 10.9. The summed E-state index contributed by atoms with van der Waals surface area (Å²) in [7, 11) is 0. The SMILES string of the molecule is CC(=O)NC12C[C@H]3C[C@@H](C1)CC(C(=O)OCC(=O)Nc1ccc(N4CCOCC4)cc1)(C3)C2. The molecule has 1 heterocycles. The molecule has 8 heteroatoms. The van der Waals surface area contributed by atoms with Gasteiger partial charge in [0.15, 0.2) is 6.61 Å². The van der Waals surface area contributed by atoms with E-state index in [1.54, 1.807) is 6.92 Å². The summed E-state index contributed by atoms with van der Waals surface area (Å²) in [4.78, 5) is 39.7. The predicted molar refractivity (Wildman–Crippen MR) is 123 cm³/mol. The van der Waals surface area contributed by atoms with Gasteiger partial charge in [0, 0.05) is 36.9 Å². The quantitative estimate of drug-likeness (QED) is 0.640. The number of hydrogen-bond acceptors (Lipinski definition) is 6. The molecule has 4 aliphatic carbocycles. The zero-order valence-corrected chi connectivity index (χ0v) is 19.2. The molecule has 2 amide bonds. The Balaban J connectivity index is 1.16. The van der Waals surface area contributed by atoms with Crippen molar-refractivity contribution in [3.8, 4) is 0 Å². The number of carbonyl (C=O) groups is 3. The molecule has 1 saturated heterocycles. The normalized spacial score (nSPS) is 32.3. The molecule has 6 rings (SSSR count). The number of anilines is 2. The zero-order valence-electron chi connectivity index (χ0n) is 19.2. The first kappa shape index (κ1) is 22.2. The first-order valence-corrected chi connectivity index (χ1v) is 12.0. The number of morpholine rings is 1. The molecule has 1 aromatic carbocycles. The Labute approximate surface area is 194 Å². The van der Waals surface area contributed by atoms with Crippen LogP contribution >= 0.6 is 0 Å². The maximum absolute atomic E-state index is 13.2. The third kappa shape index (κ3) is 4.58. The summed E-state index contributed by atoms with van der Waals surface area (Å²) in [5.74, 6) is 0.196. The average Bonchev–Trinajstić information content (AvgIpc) is 2.77. The highest BCUT2D eigenvalue weighted by Crippen LogP contribution is 2.62. The number of benzene rings is 1. The lowest BCUT2D eigenvalue weighted by Gasteiger charge is -2.60. The van der Waals surface area contributed by atoms with Crippen LogP contribution in [0, 0.1) is 17.3 Å². The van der Waals surface area contributed by atoms with E-state index in [2.05, 4.69) is 15.5 Å². The van der Waals surface area contributed by atoms with Crippen LogP contribution in [-0.2, 0) is 23.9 Å². The predicted octanol–water partition coefficient (Wildman–Crippen LogP) is 2.48. The summed E-state index contributed by atoms with van der Waals surface area (Å²) in [6, 6.07) is 7.68. The van der Waals surface area contributed by atoms with Crippen molar-refractivity contribution in [1.29, 1.82) is 0 Å². The number of amides is 2. The standard InChI is InChI=1S/C25H33N3O5/c1-17(29)27-25-13-18-10-19(14-25)12-24(11-18,16-25)23(31)33-15-22(30)26-20-2-4-21(5-3-20)28-6-8-32-9-7-28/h2-5,18-19H,6-16H2,1H3,(H,26,30)(H,27,29)/t18-,19+,24?,25?. The Morgan fingerprint density at radius 1 is 1.06 bits per heavy atom. The van der Waals surface area contributed by atoms with E-state index in [0.717, 1.165) is 64.1 Å². The van der Waals surface area contributed by atoms with Crippen molar-refractivity contribution in [3.05, 3.63) is 24.3 Å². The van der Waals surface area contributed by atoms with Crippen LogP contribution in [0.5, 0.6) is 0 Å². The molecule has 4 saturated carbocycles. The van der Waals surface area contributed by atoms with E-state index < -0.39 is 5.41 Å². The number of nitrogens with zero attached hydrogens (tertiary/aromatic N) is 1. The number of esters is 1. The Morgan fingerprint density at radius 3 is 2.36 bits per heavy atom. The lowest BCUT2D eigenvalue weighted by molar-refractivity contribution is -0.176. The summed E-state index contributed by atoms with van der Waals surface area (Å²) in [5.41, 5.74) is 0.900. The van der Waals surface area contributed by atoms with E-state index in [9.17, 15) is 14.4 Å². The molecular formula is C25H33N3O5. The minimum atomic E-state index is -0.577. The van der Waals surface area contributed by atoms with Crippen LogP contribution in [0.1, 0.15) is 45.4 Å². The number of carbonyl (C=O) groups excluding carboxylic acids is 3. The second-order valence-corrected chi connectivity index (χ2v) is 10.5. The van der Waals surface area contributed by atoms with E-state index in [1.807, 2.05) is 24.3 Å². The number of hydrogen-bond donors (Lipinski definition) is 2. The van der Waals surface area contributed by atoms with Crippen LogP contribution in [0.15, 0.2) is 24.3 Å². The second-order valence-electron chi connectivity index (χ2n) is 10.5. The molecule has 4 atom stereocenters. The van der Waals surface area contributed by atoms with Crippen molar-refractivity contribution in [2.75, 3.05) is 43.1 Å². The maximum Gasteiger partial charge on any atom is 0.312 e. The molecule has 5 fully saturated rings. The Hall–Kier alpha value is -2.61. The highest BCUT2D eigenvalue weighted by Gasteiger charge is 2.61. The molecule has 2 N–H and O–H groups in total. The monoisotopic (exact) mass is 455 g/mol. The molecule has 33 heavy (non-hydrogen) atoms. The van der Waals surface area contributed by atoms with E-state index in [1.165, 1.54) is 0 Å². The van der Waals surface area contributed by atoms with E-state index in [-0.39, 0.29) is 29.9 Å². The topological polar surface area (TPSA) is 97.0 Å². The zero-order chi connectivity index (χ0) is 23.1. The molecule has 0 spiro atoms. The van der Waals surface area contributed by atoms with Gasteiger partial charge in [-0.3, -0.25) is 14.4 Å². The van der Waals surface area contributed by atoms with Gasteiger partial charge in [0.2, 0.25) is 5.91 Å². The van der Waals surface area contributed by atoms with E-state index >= 15 is 0 Å². The van der Waals surface area contributed by atoms with Crippen LogP contribution < -0.4 is 15.5 Å². The van der Waals surface area contributed by atoms with E-state index in [0.29, 0.717) is 23.9 Å². The van der Waals surface area contributed by atoms with Gasteiger partial charge < -0.3 is 25.0 Å². The molecular weight excluding hydrogens is 422 g/mol. The van der Waals surface area contributed by atoms with Gasteiger partial charge >= 0.3 is 5.97 Å². The van der Waals surface area contributed by atoms with Crippen LogP contribution in [0.2, 0.25) is 0 Å². The fourth-order valence-corrected chi connectivity index (χ4v) is 7.08. The molecule has 8 nitrogen and oxygen atoms in total. The van der Waals surface area contributed by atoms with Crippen LogP contribution in [-0.4, -0.2) is 56.2 Å². The van der Waals surface area contributed by atoms with E-state index in [4.69, 9.17) is 9.47 Å². The smallest absolute Gasteiger partial charge is 0.312 e. The molecule has 1 aromatic rings. The van der Waals surface area contributed by atoms with Gasteiger partial charge in [0.05, 0.1) is 18.6 Å². The van der Waals surface area contributed by atoms with Crippen LogP contribution in [0.25, 0.3) is 0 Å². The first-order valence-electron chi connectivity index (χ1n) is 12.0. The second kappa shape index (κ2) is 8.63. The maximum atomic E-state index is 13.2. The Morgan fingerprint density at radius 2 is 1.73 bits per heavy atom. The van der Waals surface area contributed by atoms with Crippen molar-refractivity contribution < 1.29 is 23.9 Å². The van der Waals surface area contributed by atoms with Gasteiger partial charge in [0.1, 0.15) is 0 Å². The molecule has 1 aliphatic heterocycles. The summed E-state index contributed by atoms with van der Waals surface area (Å²) in [5, 5.41) is 5.97. The van der Waals surface area contributed by atoms with Crippen LogP contribution in [0.3, 0.4) is 0 Å². The van der Waals surface area contributed by atoms with Crippen molar-refractivity contribution >= 4 is 29.2 Å². The highest BCUT2D eigenvalue weighted by molar-refractivity contribution is 5.93. The van der Waals surface area contributed by atoms with Gasteiger partial charge in [-0.2, -0.15) is 0 Å². The van der Waals surface area contributed by atoms with Crippen LogP contribution in [0.4, 0.5) is 11.4 Å². The highest BCUT2D eigenvalue weighted by atomic mass is 16.5. The van der Waals surface area contributed by atoms with Gasteiger partial charge in [0.25, 0.3) is 5.91 Å². The van der Waals surface area contributed by atoms with Crippen molar-refractivity contribution in [2.45, 2.75) is 51.0 Å². The van der Waals surface area contributed by atoms with Gasteiger partial charge in [-0.05, 0) is 74.6 Å². The lowest BCUT2D eigenvalue weighted by atomic mass is 9.47. The Bertz CT molecular complexity index is 910. The lowest BCUT2D eigenvalue weighted by Crippen LogP contribution is -2.64. The Kier molecular flexibility index (Phi) is 5.80. The molecule has 178 valence electrons. The van der Waals surface area contributed by atoms with Crippen molar-refractivity contribution in [1.82, 2.24) is 5.32 Å². The third-order valence-corrected chi connectivity index (χ3v) is 7.80. The minimum Gasteiger partial charge on any atom is -0.455 e. The van der Waals surface area contributed by atoms with Crippen molar-refractivity contribution in [2.24, 2.45) is 17.3 Å². The van der Waals surface area contributed by atoms with Gasteiger partial charge in [-0.1, -0.05) is 0 Å². The van der Waals surface area contributed by atoms with Gasteiger partial charge in [-0.15, -0.1) is 0 Å². The van der Waals surface area contributed by atoms with Gasteiger partial charge in [-0.25, -0.2) is 0 Å². The largest absolute Gasteiger partial charge is 0.455 e. The summed E-state index contributed by atoms with van der Waals surface area (Å²) in [6.45, 7) is 4.40.